The molecule has 1 aromatic carbocycles. The number of aromatic nitrogens is 1. The average molecular weight is 275 g/mol. The number of halogens is 2. The summed E-state index contributed by atoms with van der Waals surface area (Å²) in [5, 5.41) is 11.4. The number of nitro groups is 1. The van der Waals surface area contributed by atoms with E-state index in [0.717, 1.165) is 4.47 Å². The van der Waals surface area contributed by atoms with E-state index in [0.29, 0.717) is 10.9 Å². The molecule has 0 atom stereocenters. The van der Waals surface area contributed by atoms with Gasteiger partial charge < -0.3 is 10.1 Å². The molecule has 0 amide bonds. The van der Waals surface area contributed by atoms with Crippen molar-refractivity contribution in [3.63, 3.8) is 0 Å². The van der Waals surface area contributed by atoms with Crippen LogP contribution in [0.5, 0.6) is 0 Å². The standard InChI is InChI=1S/C8H4BrClN2O2/c9-4-2-1-3-5-6(4)7(10)8(11-5)12(13)14/h1-3,11H. The molecular weight excluding hydrogens is 271 g/mol. The van der Waals surface area contributed by atoms with E-state index in [2.05, 4.69) is 20.9 Å². The molecule has 1 N–H and O–H groups in total. The van der Waals surface area contributed by atoms with Gasteiger partial charge in [-0.15, -0.1) is 0 Å². The van der Waals surface area contributed by atoms with Crippen molar-refractivity contribution in [2.45, 2.75) is 0 Å². The Morgan fingerprint density at radius 1 is 1.50 bits per heavy atom. The molecule has 0 aliphatic heterocycles. The first-order chi connectivity index (χ1) is 6.61. The number of rotatable bonds is 1. The van der Waals surface area contributed by atoms with Gasteiger partial charge >= 0.3 is 5.82 Å². The summed E-state index contributed by atoms with van der Waals surface area (Å²) in [4.78, 5) is 12.7. The van der Waals surface area contributed by atoms with Crippen LogP contribution in [-0.4, -0.2) is 9.91 Å². The maximum atomic E-state index is 10.6. The smallest absolute Gasteiger partial charge is 0.340 e. The molecule has 4 nitrogen and oxygen atoms in total. The molecule has 1 heterocycles. The zero-order chi connectivity index (χ0) is 10.3. The molecule has 0 saturated carbocycles. The third-order valence-corrected chi connectivity index (χ3v) is 2.91. The lowest BCUT2D eigenvalue weighted by atomic mass is 10.2. The van der Waals surface area contributed by atoms with E-state index in [4.69, 9.17) is 11.6 Å². The minimum absolute atomic E-state index is 0.137. The molecule has 0 unspecified atom stereocenters. The number of benzene rings is 1. The molecule has 2 rings (SSSR count). The number of aromatic amines is 1. The number of hydrogen-bond donors (Lipinski definition) is 1. The van der Waals surface area contributed by atoms with Crippen LogP contribution in [0.15, 0.2) is 22.7 Å². The summed E-state index contributed by atoms with van der Waals surface area (Å²) in [5.74, 6) is -0.173. The highest BCUT2D eigenvalue weighted by Crippen LogP contribution is 2.36. The minimum Gasteiger partial charge on any atom is -0.358 e. The topological polar surface area (TPSA) is 58.9 Å². The van der Waals surface area contributed by atoms with Crippen molar-refractivity contribution < 1.29 is 4.92 Å². The van der Waals surface area contributed by atoms with E-state index in [1.165, 1.54) is 0 Å². The number of H-pyrrole nitrogens is 1. The fraction of sp³-hybridized carbons (Fsp3) is 0. The Morgan fingerprint density at radius 3 is 2.79 bits per heavy atom. The molecule has 0 bridgehead atoms. The zero-order valence-electron chi connectivity index (χ0n) is 6.75. The number of fused-ring (bicyclic) bond motifs is 1. The largest absolute Gasteiger partial charge is 0.358 e. The first kappa shape index (κ1) is 9.48. The van der Waals surface area contributed by atoms with Crippen LogP contribution in [0.25, 0.3) is 10.9 Å². The molecule has 0 radical (unpaired) electrons. The van der Waals surface area contributed by atoms with Gasteiger partial charge in [0.1, 0.15) is 10.5 Å². The van der Waals surface area contributed by atoms with E-state index in [1.807, 2.05) is 0 Å². The Bertz CT molecular complexity index is 523. The molecule has 14 heavy (non-hydrogen) atoms. The van der Waals surface area contributed by atoms with Crippen molar-refractivity contribution in [1.82, 2.24) is 4.98 Å². The third-order valence-electron chi connectivity index (χ3n) is 1.88. The van der Waals surface area contributed by atoms with Gasteiger partial charge in [-0.25, -0.2) is 4.98 Å². The van der Waals surface area contributed by atoms with Gasteiger partial charge in [0, 0.05) is 4.47 Å². The van der Waals surface area contributed by atoms with Crippen LogP contribution in [0, 0.1) is 10.1 Å². The Morgan fingerprint density at radius 2 is 2.21 bits per heavy atom. The Labute approximate surface area is 92.1 Å². The van der Waals surface area contributed by atoms with Crippen LogP contribution in [0.3, 0.4) is 0 Å². The highest BCUT2D eigenvalue weighted by Gasteiger charge is 2.19. The average Bonchev–Trinajstić information content (AvgIpc) is 2.45. The van der Waals surface area contributed by atoms with Crippen LogP contribution in [-0.2, 0) is 0 Å². The van der Waals surface area contributed by atoms with Gasteiger partial charge in [0.15, 0.2) is 0 Å². The van der Waals surface area contributed by atoms with Crippen molar-refractivity contribution in [3.8, 4) is 0 Å². The van der Waals surface area contributed by atoms with E-state index in [9.17, 15) is 10.1 Å². The summed E-state index contributed by atoms with van der Waals surface area (Å²) in [5.41, 5.74) is 0.649. The first-order valence-electron chi connectivity index (χ1n) is 3.71. The maximum Gasteiger partial charge on any atom is 0.340 e. The lowest BCUT2D eigenvalue weighted by molar-refractivity contribution is -0.388. The molecule has 0 aliphatic rings. The molecule has 6 heteroatoms. The Balaban J connectivity index is 2.87. The van der Waals surface area contributed by atoms with Crippen molar-refractivity contribution in [1.29, 1.82) is 0 Å². The first-order valence-corrected chi connectivity index (χ1v) is 4.88. The molecule has 0 spiro atoms. The summed E-state index contributed by atoms with van der Waals surface area (Å²) in [6, 6.07) is 5.30. The second-order valence-electron chi connectivity index (χ2n) is 2.71. The van der Waals surface area contributed by atoms with Crippen LogP contribution in [0.4, 0.5) is 5.82 Å². The summed E-state index contributed by atoms with van der Waals surface area (Å²) in [6.07, 6.45) is 0. The minimum atomic E-state index is -0.533. The quantitative estimate of drug-likeness (QED) is 0.639. The Kier molecular flexibility index (Phi) is 2.20. The molecular formula is C8H4BrClN2O2. The second-order valence-corrected chi connectivity index (χ2v) is 3.94. The predicted octanol–water partition coefficient (Wildman–Crippen LogP) is 3.49. The van der Waals surface area contributed by atoms with Gasteiger partial charge in [0.2, 0.25) is 0 Å². The van der Waals surface area contributed by atoms with Crippen molar-refractivity contribution in [3.05, 3.63) is 37.8 Å². The maximum absolute atomic E-state index is 10.6. The number of nitrogens with zero attached hydrogens (tertiary/aromatic N) is 1. The van der Waals surface area contributed by atoms with Gasteiger partial charge in [-0.05, 0) is 33.0 Å². The van der Waals surface area contributed by atoms with Crippen LogP contribution in [0.1, 0.15) is 0 Å². The molecule has 1 aromatic heterocycles. The van der Waals surface area contributed by atoms with Crippen LogP contribution in [0.2, 0.25) is 5.02 Å². The van der Waals surface area contributed by atoms with Gasteiger partial charge in [-0.3, -0.25) is 0 Å². The SMILES string of the molecule is O=[N+]([O-])c1[nH]c2cccc(Br)c2c1Cl. The molecule has 2 aromatic rings. The molecule has 0 aliphatic carbocycles. The lowest BCUT2D eigenvalue weighted by Crippen LogP contribution is -1.87. The van der Waals surface area contributed by atoms with Gasteiger partial charge in [-0.1, -0.05) is 17.7 Å². The summed E-state index contributed by atoms with van der Waals surface area (Å²) in [7, 11) is 0. The van der Waals surface area contributed by atoms with Gasteiger partial charge in [0.25, 0.3) is 0 Å². The molecule has 0 saturated heterocycles. The third kappa shape index (κ3) is 1.29. The summed E-state index contributed by atoms with van der Waals surface area (Å²) in [6.45, 7) is 0. The zero-order valence-corrected chi connectivity index (χ0v) is 9.09. The molecule has 0 fully saturated rings. The number of hydrogen-bond acceptors (Lipinski definition) is 2. The van der Waals surface area contributed by atoms with Crippen molar-refractivity contribution in [2.24, 2.45) is 0 Å². The van der Waals surface area contributed by atoms with Crippen LogP contribution >= 0.6 is 27.5 Å². The predicted molar refractivity (Wildman–Crippen MR) is 57.7 cm³/mol. The highest BCUT2D eigenvalue weighted by atomic mass is 79.9. The van der Waals surface area contributed by atoms with E-state index in [1.54, 1.807) is 18.2 Å². The highest BCUT2D eigenvalue weighted by molar-refractivity contribution is 9.10. The fourth-order valence-electron chi connectivity index (χ4n) is 1.28. The van der Waals surface area contributed by atoms with E-state index < -0.39 is 4.92 Å². The molecule has 72 valence electrons. The normalized spacial score (nSPS) is 10.7. The van der Waals surface area contributed by atoms with Gasteiger partial charge in [0.05, 0.1) is 5.39 Å². The second kappa shape index (κ2) is 3.25. The van der Waals surface area contributed by atoms with Crippen LogP contribution < -0.4 is 0 Å². The van der Waals surface area contributed by atoms with Gasteiger partial charge in [-0.2, -0.15) is 0 Å². The summed E-state index contributed by atoms with van der Waals surface area (Å²) >= 11 is 9.14. The van der Waals surface area contributed by atoms with Crippen molar-refractivity contribution >= 4 is 44.3 Å². The lowest BCUT2D eigenvalue weighted by Gasteiger charge is -1.91. The van der Waals surface area contributed by atoms with Crippen molar-refractivity contribution in [2.75, 3.05) is 0 Å². The fourth-order valence-corrected chi connectivity index (χ4v) is 2.28. The monoisotopic (exact) mass is 274 g/mol. The summed E-state index contributed by atoms with van der Waals surface area (Å²) < 4.78 is 0.740. The van der Waals surface area contributed by atoms with E-state index >= 15 is 0 Å². The number of nitrogens with one attached hydrogen (secondary N) is 1. The van der Waals surface area contributed by atoms with E-state index in [-0.39, 0.29) is 10.8 Å². The Hall–Kier alpha value is -1.07.